The highest BCUT2D eigenvalue weighted by Crippen LogP contribution is 2.09. The maximum atomic E-state index is 12.2. The van der Waals surface area contributed by atoms with Gasteiger partial charge in [-0.15, -0.1) is 0 Å². The molecular formula is C17H23N3O3. The van der Waals surface area contributed by atoms with Gasteiger partial charge in [-0.25, -0.2) is 4.79 Å². The Hall–Kier alpha value is -2.37. The lowest BCUT2D eigenvalue weighted by Gasteiger charge is -2.34. The zero-order chi connectivity index (χ0) is 16.7. The number of nitrogens with zero attached hydrogens (tertiary/aromatic N) is 2. The van der Waals surface area contributed by atoms with Crippen LogP contribution in [0.1, 0.15) is 30.1 Å². The van der Waals surface area contributed by atoms with Crippen LogP contribution in [0.25, 0.3) is 0 Å². The van der Waals surface area contributed by atoms with E-state index in [9.17, 15) is 14.4 Å². The summed E-state index contributed by atoms with van der Waals surface area (Å²) in [5.74, 6) is -0.0373. The number of piperazine rings is 1. The van der Waals surface area contributed by atoms with Crippen LogP contribution in [-0.4, -0.2) is 60.2 Å². The number of rotatable bonds is 5. The van der Waals surface area contributed by atoms with Gasteiger partial charge in [-0.3, -0.25) is 9.59 Å². The van der Waals surface area contributed by atoms with Gasteiger partial charge in [0, 0.05) is 51.1 Å². The quantitative estimate of drug-likeness (QED) is 0.837. The van der Waals surface area contributed by atoms with E-state index in [4.69, 9.17) is 0 Å². The van der Waals surface area contributed by atoms with Crippen molar-refractivity contribution in [3.8, 4) is 0 Å². The Bertz CT molecular complexity index is 551. The van der Waals surface area contributed by atoms with E-state index in [1.54, 1.807) is 21.9 Å². The van der Waals surface area contributed by atoms with Crippen molar-refractivity contribution in [2.45, 2.75) is 19.8 Å². The molecule has 1 aromatic carbocycles. The van der Waals surface area contributed by atoms with E-state index < -0.39 is 0 Å². The fraction of sp³-hybridized carbons (Fsp3) is 0.471. The van der Waals surface area contributed by atoms with Crippen molar-refractivity contribution in [2.24, 2.45) is 0 Å². The fourth-order valence-corrected chi connectivity index (χ4v) is 2.57. The van der Waals surface area contributed by atoms with Crippen molar-refractivity contribution in [3.63, 3.8) is 0 Å². The molecule has 1 aromatic rings. The molecule has 1 fully saturated rings. The van der Waals surface area contributed by atoms with Gasteiger partial charge in [-0.2, -0.15) is 0 Å². The lowest BCUT2D eigenvalue weighted by Crippen LogP contribution is -2.53. The van der Waals surface area contributed by atoms with Crippen LogP contribution in [-0.2, 0) is 4.79 Å². The van der Waals surface area contributed by atoms with Crippen LogP contribution in [0.4, 0.5) is 4.79 Å². The van der Waals surface area contributed by atoms with E-state index in [-0.39, 0.29) is 30.6 Å². The van der Waals surface area contributed by atoms with Crippen molar-refractivity contribution in [1.82, 2.24) is 15.1 Å². The smallest absolute Gasteiger partial charge is 0.317 e. The summed E-state index contributed by atoms with van der Waals surface area (Å²) in [6.07, 6.45) is 0.439. The van der Waals surface area contributed by atoms with Gasteiger partial charge in [-0.05, 0) is 6.92 Å². The molecule has 0 radical (unpaired) electrons. The summed E-state index contributed by atoms with van der Waals surface area (Å²) in [6, 6.07) is 8.93. The Morgan fingerprint density at radius 3 is 2.17 bits per heavy atom. The second-order valence-electron chi connectivity index (χ2n) is 5.49. The standard InChI is InChI=1S/C17H23N3O3/c1-2-18-17(23)20-12-10-19(11-13-20)16(22)9-8-15(21)14-6-4-3-5-7-14/h3-7H,2,8-13H2,1H3,(H,18,23). The van der Waals surface area contributed by atoms with Crippen LogP contribution in [0, 0.1) is 0 Å². The lowest BCUT2D eigenvalue weighted by atomic mass is 10.1. The van der Waals surface area contributed by atoms with E-state index in [2.05, 4.69) is 5.32 Å². The van der Waals surface area contributed by atoms with Crippen molar-refractivity contribution in [2.75, 3.05) is 32.7 Å². The van der Waals surface area contributed by atoms with Gasteiger partial charge in [0.15, 0.2) is 5.78 Å². The van der Waals surface area contributed by atoms with Gasteiger partial charge in [0.25, 0.3) is 0 Å². The van der Waals surface area contributed by atoms with Crippen molar-refractivity contribution in [3.05, 3.63) is 35.9 Å². The van der Waals surface area contributed by atoms with Crippen LogP contribution >= 0.6 is 0 Å². The first-order valence-electron chi connectivity index (χ1n) is 8.00. The highest BCUT2D eigenvalue weighted by Gasteiger charge is 2.24. The van der Waals surface area contributed by atoms with Gasteiger partial charge >= 0.3 is 6.03 Å². The SMILES string of the molecule is CCNC(=O)N1CCN(C(=O)CCC(=O)c2ccccc2)CC1. The molecule has 23 heavy (non-hydrogen) atoms. The topological polar surface area (TPSA) is 69.7 Å². The molecule has 0 saturated carbocycles. The molecule has 0 atom stereocenters. The molecule has 1 N–H and O–H groups in total. The predicted octanol–water partition coefficient (Wildman–Crippen LogP) is 1.52. The van der Waals surface area contributed by atoms with Crippen LogP contribution < -0.4 is 5.32 Å². The Morgan fingerprint density at radius 1 is 0.957 bits per heavy atom. The van der Waals surface area contributed by atoms with E-state index >= 15 is 0 Å². The number of amides is 3. The second kappa shape index (κ2) is 8.31. The van der Waals surface area contributed by atoms with Gasteiger partial charge < -0.3 is 15.1 Å². The van der Waals surface area contributed by atoms with Gasteiger partial charge in [-0.1, -0.05) is 30.3 Å². The first-order valence-corrected chi connectivity index (χ1v) is 8.00. The maximum Gasteiger partial charge on any atom is 0.317 e. The molecule has 0 aromatic heterocycles. The largest absolute Gasteiger partial charge is 0.339 e. The van der Waals surface area contributed by atoms with Crippen LogP contribution in [0.3, 0.4) is 0 Å². The minimum absolute atomic E-state index is 0.0140. The zero-order valence-corrected chi connectivity index (χ0v) is 13.5. The van der Waals surface area contributed by atoms with Gasteiger partial charge in [0.1, 0.15) is 0 Å². The average molecular weight is 317 g/mol. The molecule has 0 unspecified atom stereocenters. The molecule has 6 heteroatoms. The Morgan fingerprint density at radius 2 is 1.57 bits per heavy atom. The number of carbonyl (C=O) groups excluding carboxylic acids is 3. The average Bonchev–Trinajstić information content (AvgIpc) is 2.60. The molecule has 1 aliphatic rings. The third-order valence-electron chi connectivity index (χ3n) is 3.91. The molecule has 124 valence electrons. The van der Waals surface area contributed by atoms with E-state index in [0.29, 0.717) is 38.3 Å². The number of hydrogen-bond donors (Lipinski definition) is 1. The van der Waals surface area contributed by atoms with Crippen molar-refractivity contribution >= 4 is 17.7 Å². The summed E-state index contributed by atoms with van der Waals surface area (Å²) in [7, 11) is 0. The Labute approximate surface area is 136 Å². The number of hydrogen-bond acceptors (Lipinski definition) is 3. The highest BCUT2D eigenvalue weighted by molar-refractivity contribution is 5.97. The monoisotopic (exact) mass is 317 g/mol. The van der Waals surface area contributed by atoms with Crippen LogP contribution in [0.5, 0.6) is 0 Å². The van der Waals surface area contributed by atoms with E-state index in [1.165, 1.54) is 0 Å². The normalized spacial score (nSPS) is 14.5. The fourth-order valence-electron chi connectivity index (χ4n) is 2.57. The molecule has 3 amide bonds. The third-order valence-corrected chi connectivity index (χ3v) is 3.91. The zero-order valence-electron chi connectivity index (χ0n) is 13.5. The first-order chi connectivity index (χ1) is 11.1. The molecule has 1 heterocycles. The number of Topliss-reactive ketones (excluding diaryl/α,β-unsaturated/α-hetero) is 1. The number of nitrogens with one attached hydrogen (secondary N) is 1. The lowest BCUT2D eigenvalue weighted by molar-refractivity contribution is -0.132. The highest BCUT2D eigenvalue weighted by atomic mass is 16.2. The number of benzene rings is 1. The maximum absolute atomic E-state index is 12.2. The van der Waals surface area contributed by atoms with Crippen LogP contribution in [0.2, 0.25) is 0 Å². The summed E-state index contributed by atoms with van der Waals surface area (Å²) >= 11 is 0. The minimum atomic E-state index is -0.0844. The molecule has 1 aliphatic heterocycles. The van der Waals surface area contributed by atoms with Gasteiger partial charge in [0.2, 0.25) is 5.91 Å². The molecule has 2 rings (SSSR count). The number of ketones is 1. The first kappa shape index (κ1) is 17.0. The van der Waals surface area contributed by atoms with Crippen LogP contribution in [0.15, 0.2) is 30.3 Å². The second-order valence-corrected chi connectivity index (χ2v) is 5.49. The minimum Gasteiger partial charge on any atom is -0.339 e. The summed E-state index contributed by atoms with van der Waals surface area (Å²) in [5.41, 5.74) is 0.640. The molecule has 0 bridgehead atoms. The number of urea groups is 1. The molecule has 1 saturated heterocycles. The predicted molar refractivity (Wildman–Crippen MR) is 87.2 cm³/mol. The number of carbonyl (C=O) groups is 3. The summed E-state index contributed by atoms with van der Waals surface area (Å²) in [4.78, 5) is 39.4. The molecular weight excluding hydrogens is 294 g/mol. The van der Waals surface area contributed by atoms with Crippen molar-refractivity contribution < 1.29 is 14.4 Å². The summed E-state index contributed by atoms with van der Waals surface area (Å²) < 4.78 is 0. The molecule has 0 aliphatic carbocycles. The summed E-state index contributed by atoms with van der Waals surface area (Å²) in [5, 5.41) is 2.76. The Kier molecular flexibility index (Phi) is 6.14. The molecule has 0 spiro atoms. The van der Waals surface area contributed by atoms with Gasteiger partial charge in [0.05, 0.1) is 0 Å². The Balaban J connectivity index is 1.75. The summed E-state index contributed by atoms with van der Waals surface area (Å²) in [6.45, 7) is 4.58. The van der Waals surface area contributed by atoms with E-state index in [0.717, 1.165) is 0 Å². The van der Waals surface area contributed by atoms with Crippen molar-refractivity contribution in [1.29, 1.82) is 0 Å². The third kappa shape index (κ3) is 4.81. The van der Waals surface area contributed by atoms with E-state index in [1.807, 2.05) is 25.1 Å². The molecule has 6 nitrogen and oxygen atoms in total.